The maximum absolute atomic E-state index is 5.63. The average molecular weight is 179 g/mol. The van der Waals surface area contributed by atoms with Crippen molar-refractivity contribution >= 4 is 0 Å². The molecule has 0 saturated carbocycles. The molecule has 0 bridgehead atoms. The minimum absolute atomic E-state index is 0.202. The van der Waals surface area contributed by atoms with Gasteiger partial charge in [-0.15, -0.1) is 0 Å². The van der Waals surface area contributed by atoms with Gasteiger partial charge in [0.1, 0.15) is 5.75 Å². The summed E-state index contributed by atoms with van der Waals surface area (Å²) in [5, 5.41) is 0. The molecule has 2 nitrogen and oxygen atoms in total. The van der Waals surface area contributed by atoms with Crippen molar-refractivity contribution in [2.75, 3.05) is 6.54 Å². The summed E-state index contributed by atoms with van der Waals surface area (Å²) in [5.74, 6) is 0.923. The van der Waals surface area contributed by atoms with E-state index in [0.717, 1.165) is 12.2 Å². The molecule has 0 spiro atoms. The second-order valence-electron chi connectivity index (χ2n) is 3.32. The van der Waals surface area contributed by atoms with Crippen LogP contribution in [-0.4, -0.2) is 12.6 Å². The van der Waals surface area contributed by atoms with Crippen LogP contribution in [0.1, 0.15) is 18.9 Å². The van der Waals surface area contributed by atoms with Gasteiger partial charge in [-0.2, -0.15) is 0 Å². The first-order valence-corrected chi connectivity index (χ1v) is 4.66. The van der Waals surface area contributed by atoms with Gasteiger partial charge in [0.05, 0.1) is 6.10 Å². The highest BCUT2D eigenvalue weighted by atomic mass is 16.5. The van der Waals surface area contributed by atoms with Crippen molar-refractivity contribution in [1.29, 1.82) is 0 Å². The van der Waals surface area contributed by atoms with Crippen LogP contribution in [0.25, 0.3) is 0 Å². The summed E-state index contributed by atoms with van der Waals surface area (Å²) in [7, 11) is 0. The van der Waals surface area contributed by atoms with Crippen molar-refractivity contribution in [2.45, 2.75) is 26.4 Å². The van der Waals surface area contributed by atoms with Gasteiger partial charge < -0.3 is 10.5 Å². The van der Waals surface area contributed by atoms with E-state index in [1.165, 1.54) is 5.56 Å². The lowest BCUT2D eigenvalue weighted by Gasteiger charge is -2.13. The summed E-state index contributed by atoms with van der Waals surface area (Å²) in [6.07, 6.45) is 1.10. The fourth-order valence-electron chi connectivity index (χ4n) is 1.14. The molecule has 72 valence electrons. The number of nitrogens with two attached hydrogens (primary N) is 1. The normalized spacial score (nSPS) is 12.5. The molecular formula is C11H17NO. The fourth-order valence-corrected chi connectivity index (χ4v) is 1.14. The molecule has 0 aromatic heterocycles. The van der Waals surface area contributed by atoms with E-state index in [1.54, 1.807) is 0 Å². The van der Waals surface area contributed by atoms with E-state index < -0.39 is 0 Å². The highest BCUT2D eigenvalue weighted by Crippen LogP contribution is 2.13. The quantitative estimate of drug-likeness (QED) is 0.768. The third kappa shape index (κ3) is 3.47. The number of hydrogen-bond acceptors (Lipinski definition) is 2. The highest BCUT2D eigenvalue weighted by Gasteiger charge is 2.01. The summed E-state index contributed by atoms with van der Waals surface area (Å²) in [6.45, 7) is 4.77. The Hall–Kier alpha value is -1.02. The Balaban J connectivity index is 2.49. The second kappa shape index (κ2) is 4.87. The van der Waals surface area contributed by atoms with Gasteiger partial charge in [0.25, 0.3) is 0 Å². The van der Waals surface area contributed by atoms with E-state index in [-0.39, 0.29) is 6.10 Å². The minimum atomic E-state index is 0.202. The van der Waals surface area contributed by atoms with E-state index in [0.29, 0.717) is 6.54 Å². The average Bonchev–Trinajstić information content (AvgIpc) is 2.09. The monoisotopic (exact) mass is 179 g/mol. The van der Waals surface area contributed by atoms with Gasteiger partial charge in [0.15, 0.2) is 0 Å². The Bertz CT molecular complexity index is 243. The molecule has 0 aliphatic heterocycles. The van der Waals surface area contributed by atoms with Crippen molar-refractivity contribution in [3.63, 3.8) is 0 Å². The van der Waals surface area contributed by atoms with Gasteiger partial charge in [-0.3, -0.25) is 0 Å². The maximum Gasteiger partial charge on any atom is 0.119 e. The standard InChI is InChI=1S/C11H17NO/c1-9-3-5-11(6-4-9)13-10(2)7-8-12/h3-6,10H,7-8,12H2,1-2H3. The molecular weight excluding hydrogens is 162 g/mol. The molecule has 1 aromatic carbocycles. The Morgan fingerprint density at radius 2 is 1.92 bits per heavy atom. The number of ether oxygens (including phenoxy) is 1. The van der Waals surface area contributed by atoms with Crippen molar-refractivity contribution < 1.29 is 4.74 Å². The molecule has 2 N–H and O–H groups in total. The van der Waals surface area contributed by atoms with Gasteiger partial charge in [-0.05, 0) is 38.9 Å². The zero-order valence-corrected chi connectivity index (χ0v) is 8.29. The molecule has 0 radical (unpaired) electrons. The van der Waals surface area contributed by atoms with E-state index in [4.69, 9.17) is 10.5 Å². The summed E-state index contributed by atoms with van der Waals surface area (Å²) in [5.41, 5.74) is 6.68. The van der Waals surface area contributed by atoms with Crippen LogP contribution in [0, 0.1) is 6.92 Å². The highest BCUT2D eigenvalue weighted by molar-refractivity contribution is 5.26. The molecule has 1 rings (SSSR count). The maximum atomic E-state index is 5.63. The molecule has 1 unspecified atom stereocenters. The van der Waals surface area contributed by atoms with Crippen molar-refractivity contribution in [3.05, 3.63) is 29.8 Å². The van der Waals surface area contributed by atoms with Crippen LogP contribution in [0.4, 0.5) is 0 Å². The molecule has 0 amide bonds. The Morgan fingerprint density at radius 3 is 2.46 bits per heavy atom. The van der Waals surface area contributed by atoms with Gasteiger partial charge in [0, 0.05) is 0 Å². The van der Waals surface area contributed by atoms with Crippen molar-refractivity contribution in [3.8, 4) is 5.75 Å². The molecule has 1 aromatic rings. The lowest BCUT2D eigenvalue weighted by Crippen LogP contribution is -2.16. The van der Waals surface area contributed by atoms with E-state index in [2.05, 4.69) is 6.92 Å². The predicted octanol–water partition coefficient (Wildman–Crippen LogP) is 2.11. The van der Waals surface area contributed by atoms with Crippen molar-refractivity contribution in [1.82, 2.24) is 0 Å². The van der Waals surface area contributed by atoms with Crippen LogP contribution in [0.15, 0.2) is 24.3 Å². The SMILES string of the molecule is Cc1ccc(OC(C)CCN)cc1. The second-order valence-corrected chi connectivity index (χ2v) is 3.32. The van der Waals surface area contributed by atoms with Crippen molar-refractivity contribution in [2.24, 2.45) is 5.73 Å². The summed E-state index contributed by atoms with van der Waals surface area (Å²) in [6, 6.07) is 8.07. The van der Waals surface area contributed by atoms with Gasteiger partial charge in [-0.1, -0.05) is 17.7 Å². The molecule has 0 aliphatic rings. The summed E-state index contributed by atoms with van der Waals surface area (Å²) in [4.78, 5) is 0. The zero-order valence-electron chi connectivity index (χ0n) is 8.29. The van der Waals surface area contributed by atoms with E-state index in [1.807, 2.05) is 31.2 Å². The number of aryl methyl sites for hydroxylation is 1. The molecule has 0 aliphatic carbocycles. The Labute approximate surface area is 79.7 Å². The fraction of sp³-hybridized carbons (Fsp3) is 0.455. The third-order valence-corrected chi connectivity index (χ3v) is 1.93. The molecule has 13 heavy (non-hydrogen) atoms. The van der Waals surface area contributed by atoms with E-state index in [9.17, 15) is 0 Å². The van der Waals surface area contributed by atoms with Crippen LogP contribution in [-0.2, 0) is 0 Å². The summed E-state index contributed by atoms with van der Waals surface area (Å²) < 4.78 is 5.63. The largest absolute Gasteiger partial charge is 0.491 e. The Morgan fingerprint density at radius 1 is 1.31 bits per heavy atom. The van der Waals surface area contributed by atoms with Crippen LogP contribution < -0.4 is 10.5 Å². The lowest BCUT2D eigenvalue weighted by molar-refractivity contribution is 0.214. The molecule has 2 heteroatoms. The van der Waals surface area contributed by atoms with E-state index >= 15 is 0 Å². The summed E-state index contributed by atoms with van der Waals surface area (Å²) >= 11 is 0. The molecule has 0 saturated heterocycles. The third-order valence-electron chi connectivity index (χ3n) is 1.93. The number of hydrogen-bond donors (Lipinski definition) is 1. The Kier molecular flexibility index (Phi) is 3.77. The number of benzene rings is 1. The topological polar surface area (TPSA) is 35.2 Å². The van der Waals surface area contributed by atoms with Gasteiger partial charge in [0.2, 0.25) is 0 Å². The van der Waals surface area contributed by atoms with Crippen LogP contribution in [0.2, 0.25) is 0 Å². The smallest absolute Gasteiger partial charge is 0.119 e. The number of rotatable bonds is 4. The van der Waals surface area contributed by atoms with Crippen LogP contribution in [0.3, 0.4) is 0 Å². The molecule has 0 heterocycles. The minimum Gasteiger partial charge on any atom is -0.491 e. The first kappa shape index (κ1) is 10.1. The van der Waals surface area contributed by atoms with Gasteiger partial charge >= 0.3 is 0 Å². The van der Waals surface area contributed by atoms with Crippen LogP contribution >= 0.6 is 0 Å². The first-order chi connectivity index (χ1) is 6.22. The first-order valence-electron chi connectivity index (χ1n) is 4.66. The van der Waals surface area contributed by atoms with Gasteiger partial charge in [-0.25, -0.2) is 0 Å². The lowest BCUT2D eigenvalue weighted by atomic mass is 10.2. The molecule has 1 atom stereocenters. The zero-order chi connectivity index (χ0) is 9.68. The molecule has 0 fully saturated rings. The van der Waals surface area contributed by atoms with Crippen LogP contribution in [0.5, 0.6) is 5.75 Å². The predicted molar refractivity (Wildman–Crippen MR) is 54.9 cm³/mol.